The summed E-state index contributed by atoms with van der Waals surface area (Å²) < 4.78 is 34.6. The number of methoxy groups -OCH3 is 1. The van der Waals surface area contributed by atoms with E-state index in [0.717, 1.165) is 25.0 Å². The van der Waals surface area contributed by atoms with Crippen molar-refractivity contribution in [2.45, 2.75) is 69.1 Å². The first kappa shape index (κ1) is 25.2. The molecule has 0 aliphatic heterocycles. The van der Waals surface area contributed by atoms with Crippen molar-refractivity contribution >= 4 is 15.8 Å². The van der Waals surface area contributed by atoms with E-state index in [0.29, 0.717) is 37.9 Å². The number of hydrogen-bond donors (Lipinski definition) is 2. The first-order valence-electron chi connectivity index (χ1n) is 10.1. The number of rotatable bonds is 16. The molecule has 166 valence electrons. The maximum atomic E-state index is 12.0. The first-order valence-corrected chi connectivity index (χ1v) is 12.0. The number of carboxylic acids is 1. The van der Waals surface area contributed by atoms with Gasteiger partial charge in [0.2, 0.25) is 0 Å². The van der Waals surface area contributed by atoms with E-state index >= 15 is 0 Å². The molecule has 0 aromatic heterocycles. The molecule has 29 heavy (non-hydrogen) atoms. The Kier molecular flexibility index (Phi) is 11.7. The lowest BCUT2D eigenvalue weighted by Crippen LogP contribution is -2.22. The Labute approximate surface area is 174 Å². The zero-order chi connectivity index (χ0) is 21.7. The topological polar surface area (TPSA) is 110 Å². The fourth-order valence-electron chi connectivity index (χ4n) is 3.10. The van der Waals surface area contributed by atoms with Gasteiger partial charge < -0.3 is 19.7 Å². The normalized spacial score (nSPS) is 13.6. The second-order valence-corrected chi connectivity index (χ2v) is 9.70. The lowest BCUT2D eigenvalue weighted by atomic mass is 10.0. The molecule has 7 nitrogen and oxygen atoms in total. The molecule has 1 rings (SSSR count). The number of sulfone groups is 1. The molecule has 2 unspecified atom stereocenters. The summed E-state index contributed by atoms with van der Waals surface area (Å²) in [5, 5.41) is 18.3. The van der Waals surface area contributed by atoms with Crippen molar-refractivity contribution in [3.05, 3.63) is 24.3 Å². The molecule has 0 saturated carbocycles. The van der Waals surface area contributed by atoms with Crippen LogP contribution in [0.25, 0.3) is 0 Å². The van der Waals surface area contributed by atoms with E-state index in [-0.39, 0.29) is 13.0 Å². The summed E-state index contributed by atoms with van der Waals surface area (Å²) >= 11 is 0. The van der Waals surface area contributed by atoms with Crippen LogP contribution in [0.1, 0.15) is 57.8 Å². The van der Waals surface area contributed by atoms with E-state index in [1.54, 1.807) is 31.4 Å². The summed E-state index contributed by atoms with van der Waals surface area (Å²) in [7, 11) is -1.56. The number of ether oxygens (including phenoxy) is 2. The van der Waals surface area contributed by atoms with Crippen molar-refractivity contribution in [3.63, 3.8) is 0 Å². The third kappa shape index (κ3) is 11.7. The first-order chi connectivity index (χ1) is 13.7. The van der Waals surface area contributed by atoms with Gasteiger partial charge in [0.25, 0.3) is 0 Å². The van der Waals surface area contributed by atoms with Crippen LogP contribution in [0.2, 0.25) is 0 Å². The Bertz CT molecular complexity index is 685. The Hall–Kier alpha value is -1.80. The van der Waals surface area contributed by atoms with E-state index in [2.05, 4.69) is 0 Å². The molecule has 0 fully saturated rings. The minimum absolute atomic E-state index is 0.152. The molecule has 0 aliphatic carbocycles. The minimum Gasteiger partial charge on any atom is -0.497 e. The van der Waals surface area contributed by atoms with Crippen LogP contribution in [0, 0.1) is 0 Å². The highest BCUT2D eigenvalue weighted by Crippen LogP contribution is 2.20. The van der Waals surface area contributed by atoms with Crippen molar-refractivity contribution in [1.29, 1.82) is 0 Å². The maximum Gasteiger partial charge on any atom is 0.303 e. The van der Waals surface area contributed by atoms with Crippen LogP contribution in [0.3, 0.4) is 0 Å². The molecular formula is C21H34O7S. The Morgan fingerprint density at radius 2 is 1.55 bits per heavy atom. The van der Waals surface area contributed by atoms with Gasteiger partial charge in [0.15, 0.2) is 0 Å². The number of aliphatic hydroxyl groups is 1. The Morgan fingerprint density at radius 3 is 2.14 bits per heavy atom. The standard InChI is InChI=1S/C21H34O7S/c1-27-18-12-14-19(15-13-18)28-16-17(22)8-7-10-20(29(2,25)26)9-5-3-4-6-11-21(23)24/h12-15,17,20,22H,3-11,16H2,1-2H3,(H,23,24). The minimum atomic E-state index is -3.15. The summed E-state index contributed by atoms with van der Waals surface area (Å²) in [5.41, 5.74) is 0. The quantitative estimate of drug-likeness (QED) is 0.387. The molecule has 2 atom stereocenters. The zero-order valence-electron chi connectivity index (χ0n) is 17.4. The molecule has 0 radical (unpaired) electrons. The fourth-order valence-corrected chi connectivity index (χ4v) is 4.29. The molecule has 0 spiro atoms. The van der Waals surface area contributed by atoms with Gasteiger partial charge in [0.05, 0.1) is 18.5 Å². The van der Waals surface area contributed by atoms with Gasteiger partial charge in [0, 0.05) is 12.7 Å². The highest BCUT2D eigenvalue weighted by molar-refractivity contribution is 7.91. The van der Waals surface area contributed by atoms with Gasteiger partial charge in [-0.15, -0.1) is 0 Å². The summed E-state index contributed by atoms with van der Waals surface area (Å²) in [4.78, 5) is 10.5. The fraction of sp³-hybridized carbons (Fsp3) is 0.667. The van der Waals surface area contributed by atoms with E-state index < -0.39 is 27.2 Å². The van der Waals surface area contributed by atoms with Gasteiger partial charge >= 0.3 is 5.97 Å². The summed E-state index contributed by atoms with van der Waals surface area (Å²) in [5.74, 6) is 0.571. The number of aliphatic hydroxyl groups excluding tert-OH is 1. The molecule has 0 heterocycles. The second kappa shape index (κ2) is 13.4. The predicted molar refractivity (Wildman–Crippen MR) is 112 cm³/mol. The molecule has 2 N–H and O–H groups in total. The van der Waals surface area contributed by atoms with Crippen molar-refractivity contribution in [2.24, 2.45) is 0 Å². The average Bonchev–Trinajstić information content (AvgIpc) is 2.66. The number of benzene rings is 1. The third-order valence-electron chi connectivity index (χ3n) is 4.84. The average molecular weight is 431 g/mol. The smallest absolute Gasteiger partial charge is 0.303 e. The molecule has 8 heteroatoms. The van der Waals surface area contributed by atoms with Crippen LogP contribution in [0.5, 0.6) is 11.5 Å². The van der Waals surface area contributed by atoms with Crippen LogP contribution < -0.4 is 9.47 Å². The lowest BCUT2D eigenvalue weighted by molar-refractivity contribution is -0.137. The van der Waals surface area contributed by atoms with Gasteiger partial charge in [0.1, 0.15) is 27.9 Å². The van der Waals surface area contributed by atoms with Gasteiger partial charge in [-0.25, -0.2) is 8.42 Å². The molecular weight excluding hydrogens is 396 g/mol. The number of hydrogen-bond acceptors (Lipinski definition) is 6. The molecule has 0 saturated heterocycles. The number of unbranched alkanes of at least 4 members (excludes halogenated alkanes) is 3. The lowest BCUT2D eigenvalue weighted by Gasteiger charge is -2.17. The van der Waals surface area contributed by atoms with E-state index in [1.807, 2.05) is 0 Å². The van der Waals surface area contributed by atoms with Gasteiger partial charge in [-0.1, -0.05) is 19.3 Å². The number of carbonyl (C=O) groups is 1. The maximum absolute atomic E-state index is 12.0. The zero-order valence-corrected chi connectivity index (χ0v) is 18.2. The van der Waals surface area contributed by atoms with E-state index in [4.69, 9.17) is 14.6 Å². The second-order valence-electron chi connectivity index (χ2n) is 7.37. The third-order valence-corrected chi connectivity index (χ3v) is 6.52. The molecule has 0 aliphatic rings. The summed E-state index contributed by atoms with van der Waals surface area (Å²) in [6, 6.07) is 7.09. The van der Waals surface area contributed by atoms with E-state index in [9.17, 15) is 18.3 Å². The monoisotopic (exact) mass is 430 g/mol. The highest BCUT2D eigenvalue weighted by atomic mass is 32.2. The van der Waals surface area contributed by atoms with Gasteiger partial charge in [-0.05, 0) is 56.4 Å². The van der Waals surface area contributed by atoms with Crippen molar-refractivity contribution in [2.75, 3.05) is 20.0 Å². The van der Waals surface area contributed by atoms with Crippen LogP contribution in [0.4, 0.5) is 0 Å². The highest BCUT2D eigenvalue weighted by Gasteiger charge is 2.20. The number of carboxylic acid groups (broad SMARTS) is 1. The molecule has 0 bridgehead atoms. The SMILES string of the molecule is COc1ccc(OCC(O)CCCC(CCCCCCC(=O)O)S(C)(=O)=O)cc1. The van der Waals surface area contributed by atoms with Crippen LogP contribution in [0.15, 0.2) is 24.3 Å². The van der Waals surface area contributed by atoms with E-state index in [1.165, 1.54) is 6.26 Å². The van der Waals surface area contributed by atoms with Crippen molar-refractivity contribution in [3.8, 4) is 11.5 Å². The van der Waals surface area contributed by atoms with Crippen molar-refractivity contribution < 1.29 is 32.9 Å². The largest absolute Gasteiger partial charge is 0.497 e. The Morgan fingerprint density at radius 1 is 0.966 bits per heavy atom. The Balaban J connectivity index is 2.27. The molecule has 0 amide bonds. The van der Waals surface area contributed by atoms with Crippen LogP contribution >= 0.6 is 0 Å². The molecule has 1 aromatic carbocycles. The molecule has 1 aromatic rings. The summed E-state index contributed by atoms with van der Waals surface area (Å²) in [6.07, 6.45) is 5.93. The van der Waals surface area contributed by atoms with Gasteiger partial charge in [-0.2, -0.15) is 0 Å². The summed E-state index contributed by atoms with van der Waals surface area (Å²) in [6.45, 7) is 0.152. The van der Waals surface area contributed by atoms with Crippen molar-refractivity contribution in [1.82, 2.24) is 0 Å². The van der Waals surface area contributed by atoms with Crippen LogP contribution in [-0.4, -0.2) is 55.9 Å². The number of aliphatic carboxylic acids is 1. The predicted octanol–water partition coefficient (Wildman–Crippen LogP) is 3.44. The van der Waals surface area contributed by atoms with Gasteiger partial charge in [-0.3, -0.25) is 4.79 Å². The van der Waals surface area contributed by atoms with Crippen LogP contribution in [-0.2, 0) is 14.6 Å².